The average molecular weight is 501 g/mol. The quantitative estimate of drug-likeness (QED) is 0.239. The monoisotopic (exact) mass is 501 g/mol. The van der Waals surface area contributed by atoms with Gasteiger partial charge in [0.05, 0.1) is 15.3 Å². The molecule has 12 nitrogen and oxygen atoms in total. The summed E-state index contributed by atoms with van der Waals surface area (Å²) in [5, 5.41) is 44.2. The molecule has 14 heteroatoms. The molecule has 0 heterocycles. The van der Waals surface area contributed by atoms with E-state index in [1.54, 1.807) is 0 Å². The van der Waals surface area contributed by atoms with E-state index in [-0.39, 0.29) is 22.4 Å². The van der Waals surface area contributed by atoms with Crippen LogP contribution in [-0.4, -0.2) is 33.7 Å². The summed E-state index contributed by atoms with van der Waals surface area (Å²) in [6, 6.07) is 0. The normalized spacial score (nSPS) is 7.20. The molecular weight excluding hydrogens is 486 g/mol. The van der Waals surface area contributed by atoms with Crippen molar-refractivity contribution in [2.24, 2.45) is 0 Å². The Morgan fingerprint density at radius 1 is 0.650 bits per heavy atom. The van der Waals surface area contributed by atoms with Crippen molar-refractivity contribution in [3.8, 4) is 0 Å². The summed E-state index contributed by atoms with van der Waals surface area (Å²) in [5.41, 5.74) is 0. The summed E-state index contributed by atoms with van der Waals surface area (Å²) in [7, 11) is 0.446. The number of hydrogen-bond acceptors (Lipinski definition) is 9. The zero-order chi connectivity index (χ0) is 16.4. The minimum atomic E-state index is -1.75. The van der Waals surface area contributed by atoms with Crippen molar-refractivity contribution in [2.45, 2.75) is 20.8 Å². The molecule has 0 amide bonds. The van der Waals surface area contributed by atoms with Gasteiger partial charge >= 0.3 is 22.4 Å². The molecule has 0 aliphatic carbocycles. The second kappa shape index (κ2) is 26.4. The van der Waals surface area contributed by atoms with Gasteiger partial charge in [-0.2, -0.15) is 0 Å². The molecule has 0 aliphatic rings. The van der Waals surface area contributed by atoms with Gasteiger partial charge in [0.2, 0.25) is 0 Å². The topological polar surface area (TPSA) is 199 Å². The van der Waals surface area contributed by atoms with Gasteiger partial charge in [-0.15, -0.1) is 7.92 Å². The van der Waals surface area contributed by atoms with Crippen LogP contribution in [0.25, 0.3) is 0 Å². The van der Waals surface area contributed by atoms with Crippen LogP contribution in [0.5, 0.6) is 0 Å². The summed E-state index contributed by atoms with van der Waals surface area (Å²) < 4.78 is 0. The van der Waals surface area contributed by atoms with E-state index in [1.165, 1.54) is 18.5 Å². The summed E-state index contributed by atoms with van der Waals surface area (Å²) in [5.74, 6) is 0. The third-order valence-electron chi connectivity index (χ3n) is 1.34. The van der Waals surface area contributed by atoms with Crippen LogP contribution >= 0.6 is 7.92 Å². The molecule has 20 heavy (non-hydrogen) atoms. The Morgan fingerprint density at radius 2 is 0.750 bits per heavy atom. The summed E-state index contributed by atoms with van der Waals surface area (Å²) in [6.07, 6.45) is 4.26. The number of nitrogens with zero attached hydrogens (tertiary/aromatic N) is 3. The Labute approximate surface area is 131 Å². The first kappa shape index (κ1) is 31.3. The van der Waals surface area contributed by atoms with Crippen molar-refractivity contribution in [1.29, 1.82) is 0 Å². The van der Waals surface area contributed by atoms with E-state index in [0.717, 1.165) is 0 Å². The van der Waals surface area contributed by atoms with E-state index >= 15 is 0 Å². The molecule has 0 spiro atoms. The van der Waals surface area contributed by atoms with Crippen molar-refractivity contribution in [3.05, 3.63) is 46.0 Å². The Bertz CT molecular complexity index is 196. The molecule has 0 bridgehead atoms. The molecule has 0 unspecified atom stereocenters. The maximum Gasteiger partial charge on any atom is 3.00 e. The van der Waals surface area contributed by atoms with E-state index in [4.69, 9.17) is 46.0 Å². The summed E-state index contributed by atoms with van der Waals surface area (Å²) in [6.45, 7) is 6.87. The zero-order valence-electron chi connectivity index (χ0n) is 10.9. The number of rotatable bonds is 3. The van der Waals surface area contributed by atoms with Crippen LogP contribution < -0.4 is 0 Å². The maximum atomic E-state index is 8.25. The Morgan fingerprint density at radius 3 is 0.750 bits per heavy atom. The van der Waals surface area contributed by atoms with Gasteiger partial charge in [0.25, 0.3) is 0 Å². The van der Waals surface area contributed by atoms with Gasteiger partial charge in [0.15, 0.2) is 0 Å². The third kappa shape index (κ3) is 183. The van der Waals surface area contributed by atoms with Gasteiger partial charge in [-0.25, -0.2) is 0 Å². The fraction of sp³-hybridized carbons (Fsp3) is 1.00. The molecular formula is C6H15AuN3O9P. The van der Waals surface area contributed by atoms with Gasteiger partial charge < -0.3 is 46.0 Å². The van der Waals surface area contributed by atoms with Crippen LogP contribution in [0.4, 0.5) is 0 Å². The van der Waals surface area contributed by atoms with Crippen molar-refractivity contribution in [1.82, 2.24) is 0 Å². The van der Waals surface area contributed by atoms with Crippen LogP contribution in [0.1, 0.15) is 20.8 Å². The van der Waals surface area contributed by atoms with Crippen LogP contribution in [0.2, 0.25) is 0 Å². The zero-order valence-corrected chi connectivity index (χ0v) is 13.9. The Kier molecular flexibility index (Phi) is 41.2. The van der Waals surface area contributed by atoms with Gasteiger partial charge in [0, 0.05) is 0 Å². The molecule has 0 saturated heterocycles. The fourth-order valence-corrected chi connectivity index (χ4v) is 2.01. The van der Waals surface area contributed by atoms with E-state index < -0.39 is 15.3 Å². The Balaban J connectivity index is -0.0000000512. The minimum absolute atomic E-state index is 0. The van der Waals surface area contributed by atoms with Crippen molar-refractivity contribution in [3.63, 3.8) is 0 Å². The second-order valence-corrected chi connectivity index (χ2v) is 5.53. The minimum Gasteiger partial charge on any atom is -0.356 e. The fourth-order valence-electron chi connectivity index (χ4n) is 0.671. The molecule has 0 N–H and O–H groups in total. The van der Waals surface area contributed by atoms with Gasteiger partial charge in [-0.1, -0.05) is 20.8 Å². The molecule has 0 radical (unpaired) electrons. The van der Waals surface area contributed by atoms with Gasteiger partial charge in [-0.05, 0) is 18.5 Å². The van der Waals surface area contributed by atoms with Crippen molar-refractivity contribution >= 4 is 7.92 Å². The van der Waals surface area contributed by atoms with E-state index in [0.29, 0.717) is 7.92 Å². The van der Waals surface area contributed by atoms with Crippen molar-refractivity contribution < 1.29 is 37.6 Å². The van der Waals surface area contributed by atoms with Crippen LogP contribution in [0.3, 0.4) is 0 Å². The standard InChI is InChI=1S/C6H15P.Au.3NO3/c1-4-7(5-2)6-3;;3*2-1(3)4/h4-6H2,1-3H3;;;;/q;+3;3*-1. The largest absolute Gasteiger partial charge is 3.00 e. The first-order valence-electron chi connectivity index (χ1n) is 4.71. The molecule has 0 aromatic heterocycles. The predicted octanol–water partition coefficient (Wildman–Crippen LogP) is 1.81. The molecule has 0 rings (SSSR count). The molecule has 0 aliphatic heterocycles. The smallest absolute Gasteiger partial charge is 0.356 e. The first-order chi connectivity index (χ1) is 8.54. The number of hydrogen-bond donors (Lipinski definition) is 0. The average Bonchev–Trinajstić information content (AvgIpc) is 2.17. The molecule has 0 saturated carbocycles. The summed E-state index contributed by atoms with van der Waals surface area (Å²) >= 11 is 0. The molecule has 0 fully saturated rings. The van der Waals surface area contributed by atoms with Gasteiger partial charge in [0.1, 0.15) is 0 Å². The first-order valence-corrected chi connectivity index (χ1v) is 6.61. The SMILES string of the molecule is CCP(CC)CC.O=[N+]([O-])[O-].O=[N+]([O-])[O-].O=[N+]([O-])[O-].[Au+3]. The maximum absolute atomic E-state index is 8.25. The van der Waals surface area contributed by atoms with Crippen LogP contribution in [0, 0.1) is 46.0 Å². The second-order valence-electron chi connectivity index (χ2n) is 2.29. The van der Waals surface area contributed by atoms with Crippen LogP contribution in [-0.2, 0) is 22.4 Å². The third-order valence-corrected chi connectivity index (χ3v) is 4.02. The Hall–Kier alpha value is -1.23. The molecule has 0 atom stereocenters. The van der Waals surface area contributed by atoms with Crippen molar-refractivity contribution in [2.75, 3.05) is 18.5 Å². The predicted molar refractivity (Wildman–Crippen MR) is 69.6 cm³/mol. The summed E-state index contributed by atoms with van der Waals surface area (Å²) in [4.78, 5) is 24.8. The van der Waals surface area contributed by atoms with Gasteiger partial charge in [-0.3, -0.25) is 0 Å². The molecule has 124 valence electrons. The molecule has 0 aromatic rings. The van der Waals surface area contributed by atoms with E-state index in [9.17, 15) is 0 Å². The van der Waals surface area contributed by atoms with E-state index in [1.807, 2.05) is 0 Å². The molecule has 0 aromatic carbocycles. The van der Waals surface area contributed by atoms with Crippen LogP contribution in [0.15, 0.2) is 0 Å². The van der Waals surface area contributed by atoms with E-state index in [2.05, 4.69) is 20.8 Å².